The standard InChI is InChI=1S/C16H18Cl2N2OS/c1-19(9-12-5-3-7-14(17)16(12)18)11-15(21)20(2)10-13-6-4-8-22-13/h3-8H,9-11H2,1-2H3. The molecule has 0 saturated heterocycles. The zero-order chi connectivity index (χ0) is 16.1. The van der Waals surface area contributed by atoms with Crippen LogP contribution in [-0.2, 0) is 17.9 Å². The first kappa shape index (κ1) is 17.3. The Labute approximate surface area is 145 Å². The SMILES string of the molecule is CN(CC(=O)N(C)Cc1cccs1)Cc1cccc(Cl)c1Cl. The van der Waals surface area contributed by atoms with Crippen molar-refractivity contribution in [3.63, 3.8) is 0 Å². The highest BCUT2D eigenvalue weighted by Crippen LogP contribution is 2.26. The quantitative estimate of drug-likeness (QED) is 0.776. The van der Waals surface area contributed by atoms with Crippen LogP contribution in [0, 0.1) is 0 Å². The monoisotopic (exact) mass is 356 g/mol. The number of carbonyl (C=O) groups excluding carboxylic acids is 1. The summed E-state index contributed by atoms with van der Waals surface area (Å²) in [5.74, 6) is 0.0778. The van der Waals surface area contributed by atoms with Crippen molar-refractivity contribution in [2.45, 2.75) is 13.1 Å². The normalized spacial score (nSPS) is 11.0. The number of hydrogen-bond acceptors (Lipinski definition) is 3. The predicted molar refractivity (Wildman–Crippen MR) is 93.6 cm³/mol. The number of carbonyl (C=O) groups is 1. The van der Waals surface area contributed by atoms with Crippen molar-refractivity contribution in [2.75, 3.05) is 20.6 Å². The zero-order valence-corrected chi connectivity index (χ0v) is 14.9. The van der Waals surface area contributed by atoms with Crippen molar-refractivity contribution >= 4 is 40.4 Å². The molecule has 2 aromatic rings. The van der Waals surface area contributed by atoms with Gasteiger partial charge in [-0.15, -0.1) is 11.3 Å². The molecule has 2 rings (SSSR count). The summed E-state index contributed by atoms with van der Waals surface area (Å²) in [6, 6.07) is 9.56. The highest BCUT2D eigenvalue weighted by molar-refractivity contribution is 7.09. The molecule has 1 aromatic carbocycles. The molecule has 0 aliphatic rings. The smallest absolute Gasteiger partial charge is 0.236 e. The number of benzene rings is 1. The number of nitrogens with zero attached hydrogens (tertiary/aromatic N) is 2. The fourth-order valence-electron chi connectivity index (χ4n) is 2.09. The Morgan fingerprint density at radius 1 is 1.14 bits per heavy atom. The molecule has 0 spiro atoms. The van der Waals surface area contributed by atoms with Crippen molar-refractivity contribution < 1.29 is 4.79 Å². The Kier molecular flexibility index (Phi) is 6.26. The van der Waals surface area contributed by atoms with Gasteiger partial charge in [0.05, 0.1) is 23.1 Å². The summed E-state index contributed by atoms with van der Waals surface area (Å²) >= 11 is 13.8. The molecule has 1 amide bonds. The van der Waals surface area contributed by atoms with Crippen molar-refractivity contribution in [1.82, 2.24) is 9.80 Å². The zero-order valence-electron chi connectivity index (χ0n) is 12.6. The van der Waals surface area contributed by atoms with E-state index in [4.69, 9.17) is 23.2 Å². The van der Waals surface area contributed by atoms with Crippen LogP contribution in [-0.4, -0.2) is 36.3 Å². The highest BCUT2D eigenvalue weighted by atomic mass is 35.5. The second kappa shape index (κ2) is 7.97. The van der Waals surface area contributed by atoms with Crippen LogP contribution >= 0.6 is 34.5 Å². The van der Waals surface area contributed by atoms with E-state index in [2.05, 4.69) is 0 Å². The van der Waals surface area contributed by atoms with E-state index in [1.165, 1.54) is 4.88 Å². The molecule has 1 heterocycles. The van der Waals surface area contributed by atoms with E-state index in [1.54, 1.807) is 22.3 Å². The summed E-state index contributed by atoms with van der Waals surface area (Å²) in [6.07, 6.45) is 0. The van der Waals surface area contributed by atoms with Gasteiger partial charge in [0.1, 0.15) is 0 Å². The minimum atomic E-state index is 0.0778. The Morgan fingerprint density at radius 3 is 2.59 bits per heavy atom. The molecule has 0 N–H and O–H groups in total. The van der Waals surface area contributed by atoms with Gasteiger partial charge in [-0.1, -0.05) is 41.4 Å². The molecule has 6 heteroatoms. The highest BCUT2D eigenvalue weighted by Gasteiger charge is 2.14. The maximum Gasteiger partial charge on any atom is 0.236 e. The molecule has 0 saturated carbocycles. The van der Waals surface area contributed by atoms with E-state index in [0.717, 1.165) is 5.56 Å². The molecular weight excluding hydrogens is 339 g/mol. The first-order valence-electron chi connectivity index (χ1n) is 6.85. The van der Waals surface area contributed by atoms with E-state index in [9.17, 15) is 4.79 Å². The van der Waals surface area contributed by atoms with Crippen molar-refractivity contribution in [1.29, 1.82) is 0 Å². The number of amides is 1. The molecular formula is C16H18Cl2N2OS. The lowest BCUT2D eigenvalue weighted by Gasteiger charge is -2.22. The molecule has 118 valence electrons. The van der Waals surface area contributed by atoms with Gasteiger partial charge in [0.15, 0.2) is 0 Å². The fourth-order valence-corrected chi connectivity index (χ4v) is 3.23. The first-order chi connectivity index (χ1) is 10.5. The van der Waals surface area contributed by atoms with Gasteiger partial charge in [-0.3, -0.25) is 9.69 Å². The number of halogens is 2. The van der Waals surface area contributed by atoms with Gasteiger partial charge < -0.3 is 4.90 Å². The Morgan fingerprint density at radius 2 is 1.91 bits per heavy atom. The molecule has 0 aliphatic carbocycles. The van der Waals surface area contributed by atoms with Crippen LogP contribution < -0.4 is 0 Å². The van der Waals surface area contributed by atoms with Crippen LogP contribution in [0.5, 0.6) is 0 Å². The maximum absolute atomic E-state index is 12.3. The number of hydrogen-bond donors (Lipinski definition) is 0. The molecule has 22 heavy (non-hydrogen) atoms. The summed E-state index contributed by atoms with van der Waals surface area (Å²) in [5, 5.41) is 3.10. The van der Waals surface area contributed by atoms with E-state index in [0.29, 0.717) is 29.7 Å². The fraction of sp³-hybridized carbons (Fsp3) is 0.312. The van der Waals surface area contributed by atoms with Gasteiger partial charge in [-0.05, 0) is 30.1 Å². The van der Waals surface area contributed by atoms with E-state index in [1.807, 2.05) is 48.6 Å². The number of rotatable bonds is 6. The number of thiophene rings is 1. The minimum Gasteiger partial charge on any atom is -0.340 e. The lowest BCUT2D eigenvalue weighted by Crippen LogP contribution is -2.35. The molecule has 0 bridgehead atoms. The van der Waals surface area contributed by atoms with Crippen LogP contribution in [0.15, 0.2) is 35.7 Å². The molecule has 0 fully saturated rings. The van der Waals surface area contributed by atoms with Gasteiger partial charge >= 0.3 is 0 Å². The largest absolute Gasteiger partial charge is 0.340 e. The van der Waals surface area contributed by atoms with Gasteiger partial charge in [0.2, 0.25) is 5.91 Å². The molecule has 0 aliphatic heterocycles. The van der Waals surface area contributed by atoms with Gasteiger partial charge in [-0.2, -0.15) is 0 Å². The van der Waals surface area contributed by atoms with Crippen molar-refractivity contribution in [2.24, 2.45) is 0 Å². The summed E-state index contributed by atoms with van der Waals surface area (Å²) in [5.41, 5.74) is 0.922. The summed E-state index contributed by atoms with van der Waals surface area (Å²) < 4.78 is 0. The van der Waals surface area contributed by atoms with Crippen LogP contribution in [0.1, 0.15) is 10.4 Å². The van der Waals surface area contributed by atoms with Gasteiger partial charge in [0.25, 0.3) is 0 Å². The lowest BCUT2D eigenvalue weighted by molar-refractivity contribution is -0.131. The average Bonchev–Trinajstić information content (AvgIpc) is 2.96. The molecule has 0 unspecified atom stereocenters. The first-order valence-corrected chi connectivity index (χ1v) is 8.48. The molecule has 0 atom stereocenters. The van der Waals surface area contributed by atoms with Crippen molar-refractivity contribution in [3.05, 3.63) is 56.2 Å². The van der Waals surface area contributed by atoms with Gasteiger partial charge in [0, 0.05) is 18.5 Å². The van der Waals surface area contributed by atoms with Crippen LogP contribution in [0.3, 0.4) is 0 Å². The van der Waals surface area contributed by atoms with E-state index >= 15 is 0 Å². The Hall–Kier alpha value is -1.07. The van der Waals surface area contributed by atoms with Crippen LogP contribution in [0.4, 0.5) is 0 Å². The summed E-state index contributed by atoms with van der Waals surface area (Å²) in [4.78, 5) is 17.1. The second-order valence-corrected chi connectivity index (χ2v) is 7.03. The van der Waals surface area contributed by atoms with E-state index < -0.39 is 0 Å². The minimum absolute atomic E-state index is 0.0778. The molecule has 3 nitrogen and oxygen atoms in total. The summed E-state index contributed by atoms with van der Waals surface area (Å²) in [7, 11) is 3.72. The van der Waals surface area contributed by atoms with Crippen LogP contribution in [0.2, 0.25) is 10.0 Å². The lowest BCUT2D eigenvalue weighted by atomic mass is 10.2. The molecule has 0 radical (unpaired) electrons. The summed E-state index contributed by atoms with van der Waals surface area (Å²) in [6.45, 7) is 1.56. The third kappa shape index (κ3) is 4.71. The van der Waals surface area contributed by atoms with E-state index in [-0.39, 0.29) is 5.91 Å². The second-order valence-electron chi connectivity index (χ2n) is 5.21. The van der Waals surface area contributed by atoms with Gasteiger partial charge in [-0.25, -0.2) is 0 Å². The number of likely N-dealkylation sites (N-methyl/N-ethyl adjacent to an activating group) is 2. The Balaban J connectivity index is 1.89. The Bertz CT molecular complexity index is 631. The third-order valence-corrected chi connectivity index (χ3v) is 5.00. The predicted octanol–water partition coefficient (Wildman–Crippen LogP) is 4.15. The average molecular weight is 357 g/mol. The van der Waals surface area contributed by atoms with Crippen molar-refractivity contribution in [3.8, 4) is 0 Å². The topological polar surface area (TPSA) is 23.6 Å². The third-order valence-electron chi connectivity index (χ3n) is 3.28. The maximum atomic E-state index is 12.3. The molecule has 1 aromatic heterocycles. The van der Waals surface area contributed by atoms with Crippen LogP contribution in [0.25, 0.3) is 0 Å².